The molecule has 0 radical (unpaired) electrons. The molecule has 23 heavy (non-hydrogen) atoms. The lowest BCUT2D eigenvalue weighted by molar-refractivity contribution is 0.332. The zero-order chi connectivity index (χ0) is 15.5. The number of hydrogen-bond donors (Lipinski definition) is 2. The van der Waals surface area contributed by atoms with E-state index in [-0.39, 0.29) is 0 Å². The van der Waals surface area contributed by atoms with Crippen molar-refractivity contribution in [3.63, 3.8) is 0 Å². The number of nitrogens with one attached hydrogen (secondary N) is 2. The number of fused-ring (bicyclic) bond motifs is 1. The first-order valence-corrected chi connectivity index (χ1v) is 8.46. The molecule has 3 heterocycles. The first-order chi connectivity index (χ1) is 11.4. The normalized spacial score (nSPS) is 15.7. The molecule has 1 aliphatic heterocycles. The number of benzene rings is 1. The largest absolute Gasteiger partial charge is 0.467 e. The quantitative estimate of drug-likeness (QED) is 0.684. The third kappa shape index (κ3) is 3.33. The number of nitrogens with zero attached hydrogens (tertiary/aromatic N) is 1. The Balaban J connectivity index is 1.34. The van der Waals surface area contributed by atoms with E-state index in [4.69, 9.17) is 4.42 Å². The van der Waals surface area contributed by atoms with Gasteiger partial charge in [-0.15, -0.1) is 0 Å². The van der Waals surface area contributed by atoms with Crippen LogP contribution in [0.1, 0.15) is 18.6 Å². The Labute approximate surface area is 136 Å². The summed E-state index contributed by atoms with van der Waals surface area (Å²) in [7, 11) is 0. The van der Waals surface area contributed by atoms with E-state index in [2.05, 4.69) is 45.5 Å². The number of aromatic nitrogens is 1. The maximum atomic E-state index is 5.70. The maximum Gasteiger partial charge on any atom is 0.118 e. The van der Waals surface area contributed by atoms with Crippen LogP contribution in [0.2, 0.25) is 0 Å². The molecule has 2 N–H and O–H groups in total. The molecule has 3 aromatic rings. The minimum atomic E-state index is 0.792. The second kappa shape index (κ2) is 6.60. The van der Waals surface area contributed by atoms with Crippen LogP contribution >= 0.6 is 0 Å². The Morgan fingerprint density at radius 2 is 2.00 bits per heavy atom. The summed E-state index contributed by atoms with van der Waals surface area (Å²) < 4.78 is 5.70. The van der Waals surface area contributed by atoms with Gasteiger partial charge in [0.15, 0.2) is 0 Å². The summed E-state index contributed by atoms with van der Waals surface area (Å²) in [6.45, 7) is 5.46. The second-order valence-corrected chi connectivity index (χ2v) is 6.31. The highest BCUT2D eigenvalue weighted by atomic mass is 16.3. The van der Waals surface area contributed by atoms with Gasteiger partial charge >= 0.3 is 0 Å². The first kappa shape index (κ1) is 14.5. The van der Waals surface area contributed by atoms with Gasteiger partial charge in [0.2, 0.25) is 0 Å². The highest BCUT2D eigenvalue weighted by molar-refractivity contribution is 5.84. The van der Waals surface area contributed by atoms with E-state index in [0.29, 0.717) is 0 Å². The van der Waals surface area contributed by atoms with Crippen molar-refractivity contribution in [2.45, 2.75) is 19.4 Å². The van der Waals surface area contributed by atoms with E-state index in [9.17, 15) is 0 Å². The molecule has 1 saturated heterocycles. The highest BCUT2D eigenvalue weighted by Crippen LogP contribution is 2.25. The van der Waals surface area contributed by atoms with E-state index in [1.165, 1.54) is 42.4 Å². The molecule has 4 rings (SSSR count). The van der Waals surface area contributed by atoms with Gasteiger partial charge in [-0.3, -0.25) is 0 Å². The molecule has 4 nitrogen and oxygen atoms in total. The smallest absolute Gasteiger partial charge is 0.118 e. The fraction of sp³-hybridized carbons (Fsp3) is 0.368. The lowest BCUT2D eigenvalue weighted by atomic mass is 10.1. The van der Waals surface area contributed by atoms with E-state index in [1.54, 1.807) is 0 Å². The molecular formula is C19H23N3O. The van der Waals surface area contributed by atoms with Gasteiger partial charge in [0, 0.05) is 30.4 Å². The monoisotopic (exact) mass is 309 g/mol. The number of hydrogen-bond acceptors (Lipinski definition) is 3. The van der Waals surface area contributed by atoms with E-state index in [1.807, 2.05) is 12.5 Å². The maximum absolute atomic E-state index is 5.70. The lowest BCUT2D eigenvalue weighted by Gasteiger charge is -2.14. The summed E-state index contributed by atoms with van der Waals surface area (Å²) in [4.78, 5) is 5.74. The molecule has 0 spiro atoms. The lowest BCUT2D eigenvalue weighted by Crippen LogP contribution is -2.29. The zero-order valence-electron chi connectivity index (χ0n) is 13.3. The van der Waals surface area contributed by atoms with Crippen molar-refractivity contribution in [1.29, 1.82) is 0 Å². The van der Waals surface area contributed by atoms with Crippen LogP contribution in [0.4, 0.5) is 0 Å². The standard InChI is InChI=1S/C19H23N3O/c1-2-9-22(8-1)10-7-20-13-18-12-17(14-23-18)15-3-4-19-16(11-15)5-6-21-19/h3-6,11-12,14,20-21H,1-2,7-10,13H2. The third-order valence-electron chi connectivity index (χ3n) is 4.64. The van der Waals surface area contributed by atoms with Crippen LogP contribution in [0.5, 0.6) is 0 Å². The molecule has 4 heteroatoms. The van der Waals surface area contributed by atoms with E-state index < -0.39 is 0 Å². The Kier molecular flexibility index (Phi) is 4.18. The van der Waals surface area contributed by atoms with Gasteiger partial charge in [0.25, 0.3) is 0 Å². The molecule has 1 aliphatic rings. The molecule has 0 amide bonds. The number of rotatable bonds is 6. The second-order valence-electron chi connectivity index (χ2n) is 6.31. The number of aromatic amines is 1. The van der Waals surface area contributed by atoms with Crippen LogP contribution in [-0.2, 0) is 6.54 Å². The molecule has 0 saturated carbocycles. The highest BCUT2D eigenvalue weighted by Gasteiger charge is 2.10. The fourth-order valence-corrected chi connectivity index (χ4v) is 3.31. The fourth-order valence-electron chi connectivity index (χ4n) is 3.31. The van der Waals surface area contributed by atoms with Crippen molar-refractivity contribution >= 4 is 10.9 Å². The molecule has 2 aromatic heterocycles. The van der Waals surface area contributed by atoms with Gasteiger partial charge < -0.3 is 19.6 Å². The first-order valence-electron chi connectivity index (χ1n) is 8.46. The van der Waals surface area contributed by atoms with Gasteiger partial charge in [-0.2, -0.15) is 0 Å². The minimum Gasteiger partial charge on any atom is -0.467 e. The van der Waals surface area contributed by atoms with Crippen molar-refractivity contribution in [3.05, 3.63) is 48.6 Å². The minimum absolute atomic E-state index is 0.792. The molecule has 0 atom stereocenters. The van der Waals surface area contributed by atoms with Gasteiger partial charge in [-0.05, 0) is 61.1 Å². The average Bonchev–Trinajstić information content (AvgIpc) is 3.31. The average molecular weight is 309 g/mol. The number of likely N-dealkylation sites (tertiary alicyclic amines) is 1. The Bertz CT molecular complexity index is 768. The SMILES string of the molecule is c1cc2cc(-c3coc(CNCCN4CCCC4)c3)ccc2[nH]1. The molecule has 0 bridgehead atoms. The van der Waals surface area contributed by atoms with E-state index in [0.717, 1.165) is 31.0 Å². The van der Waals surface area contributed by atoms with Gasteiger partial charge in [-0.1, -0.05) is 6.07 Å². The Hall–Kier alpha value is -2.04. The van der Waals surface area contributed by atoms with Crippen LogP contribution in [0.25, 0.3) is 22.0 Å². The predicted molar refractivity (Wildman–Crippen MR) is 93.4 cm³/mol. The molecule has 0 aliphatic carbocycles. The number of furan rings is 1. The van der Waals surface area contributed by atoms with Crippen molar-refractivity contribution in [2.75, 3.05) is 26.2 Å². The third-order valence-corrected chi connectivity index (χ3v) is 4.64. The topological polar surface area (TPSA) is 44.2 Å². The molecular weight excluding hydrogens is 286 g/mol. The number of H-pyrrole nitrogens is 1. The summed E-state index contributed by atoms with van der Waals surface area (Å²) >= 11 is 0. The molecule has 1 aromatic carbocycles. The van der Waals surface area contributed by atoms with E-state index >= 15 is 0 Å². The van der Waals surface area contributed by atoms with Gasteiger partial charge in [0.05, 0.1) is 12.8 Å². The molecule has 0 unspecified atom stereocenters. The Morgan fingerprint density at radius 3 is 2.91 bits per heavy atom. The summed E-state index contributed by atoms with van der Waals surface area (Å²) in [5.74, 6) is 0.996. The summed E-state index contributed by atoms with van der Waals surface area (Å²) in [5, 5.41) is 4.71. The summed E-state index contributed by atoms with van der Waals surface area (Å²) in [6.07, 6.45) is 6.53. The predicted octanol–water partition coefficient (Wildman–Crippen LogP) is 3.61. The van der Waals surface area contributed by atoms with Crippen molar-refractivity contribution < 1.29 is 4.42 Å². The summed E-state index contributed by atoms with van der Waals surface area (Å²) in [5.41, 5.74) is 3.51. The van der Waals surface area contributed by atoms with Gasteiger partial charge in [-0.25, -0.2) is 0 Å². The van der Waals surface area contributed by atoms with Gasteiger partial charge in [0.1, 0.15) is 5.76 Å². The van der Waals surface area contributed by atoms with Crippen LogP contribution in [0, 0.1) is 0 Å². The van der Waals surface area contributed by atoms with Crippen LogP contribution < -0.4 is 5.32 Å². The van der Waals surface area contributed by atoms with Crippen molar-refractivity contribution in [3.8, 4) is 11.1 Å². The van der Waals surface area contributed by atoms with Crippen LogP contribution in [0.3, 0.4) is 0 Å². The zero-order valence-corrected chi connectivity index (χ0v) is 13.3. The Morgan fingerprint density at radius 1 is 1.09 bits per heavy atom. The molecule has 1 fully saturated rings. The van der Waals surface area contributed by atoms with Crippen molar-refractivity contribution in [1.82, 2.24) is 15.2 Å². The van der Waals surface area contributed by atoms with Crippen LogP contribution in [-0.4, -0.2) is 36.1 Å². The van der Waals surface area contributed by atoms with Crippen LogP contribution in [0.15, 0.2) is 47.2 Å². The molecule has 120 valence electrons. The van der Waals surface area contributed by atoms with Crippen molar-refractivity contribution in [2.24, 2.45) is 0 Å². The summed E-state index contributed by atoms with van der Waals surface area (Å²) in [6, 6.07) is 10.7.